The molecule has 3 rings (SSSR count). The highest BCUT2D eigenvalue weighted by Gasteiger charge is 2.31. The zero-order valence-electron chi connectivity index (χ0n) is 16.5. The topological polar surface area (TPSA) is 76.0 Å². The predicted molar refractivity (Wildman–Crippen MR) is 112 cm³/mol. The van der Waals surface area contributed by atoms with Gasteiger partial charge in [-0.2, -0.15) is 18.3 Å². The van der Waals surface area contributed by atoms with Gasteiger partial charge in [-0.3, -0.25) is 9.59 Å². The van der Waals surface area contributed by atoms with Crippen molar-refractivity contribution >= 4 is 40.6 Å². The Bertz CT molecular complexity index is 1100. The first-order chi connectivity index (χ1) is 14.5. The summed E-state index contributed by atoms with van der Waals surface area (Å²) in [7, 11) is 0. The second-order valence-corrected chi connectivity index (χ2v) is 8.15. The van der Waals surface area contributed by atoms with E-state index in [1.165, 1.54) is 24.3 Å². The first-order valence-electron chi connectivity index (χ1n) is 9.08. The third-order valence-corrected chi connectivity index (χ3v) is 5.56. The van der Waals surface area contributed by atoms with E-state index in [1.54, 1.807) is 19.1 Å². The third-order valence-electron chi connectivity index (χ3n) is 4.25. The molecule has 2 aromatic heterocycles. The number of halogens is 4. The van der Waals surface area contributed by atoms with Gasteiger partial charge >= 0.3 is 6.18 Å². The van der Waals surface area contributed by atoms with Crippen molar-refractivity contribution in [3.8, 4) is 5.69 Å². The molecule has 2 amide bonds. The minimum Gasteiger partial charge on any atom is -0.348 e. The van der Waals surface area contributed by atoms with E-state index in [0.29, 0.717) is 5.69 Å². The van der Waals surface area contributed by atoms with Gasteiger partial charge < -0.3 is 10.6 Å². The Morgan fingerprint density at radius 2 is 2.00 bits per heavy atom. The maximum atomic E-state index is 13.1. The van der Waals surface area contributed by atoms with Gasteiger partial charge in [0.15, 0.2) is 0 Å². The number of thiophene rings is 1. The molecule has 0 bridgehead atoms. The molecule has 11 heteroatoms. The van der Waals surface area contributed by atoms with Crippen LogP contribution >= 0.6 is 22.9 Å². The number of aryl methyl sites for hydroxylation is 1. The number of hydrogen-bond donors (Lipinski definition) is 2. The van der Waals surface area contributed by atoms with Gasteiger partial charge in [-0.05, 0) is 36.6 Å². The summed E-state index contributed by atoms with van der Waals surface area (Å²) in [5, 5.41) is 11.4. The van der Waals surface area contributed by atoms with E-state index < -0.39 is 23.7 Å². The Morgan fingerprint density at radius 3 is 2.61 bits per heavy atom. The van der Waals surface area contributed by atoms with E-state index in [9.17, 15) is 22.8 Å². The quantitative estimate of drug-likeness (QED) is 0.525. The number of carbonyl (C=O) groups is 2. The summed E-state index contributed by atoms with van der Waals surface area (Å²) in [6.45, 7) is 2.99. The van der Waals surface area contributed by atoms with E-state index >= 15 is 0 Å². The molecule has 0 aliphatic heterocycles. The van der Waals surface area contributed by atoms with Crippen LogP contribution in [-0.4, -0.2) is 21.6 Å². The molecule has 0 fully saturated rings. The monoisotopic (exact) mass is 470 g/mol. The van der Waals surface area contributed by atoms with E-state index in [-0.39, 0.29) is 28.9 Å². The van der Waals surface area contributed by atoms with Crippen LogP contribution < -0.4 is 10.6 Å². The highest BCUT2D eigenvalue weighted by atomic mass is 35.5. The first-order valence-corrected chi connectivity index (χ1v) is 10.3. The van der Waals surface area contributed by atoms with Crippen LogP contribution in [0.5, 0.6) is 0 Å². The van der Waals surface area contributed by atoms with Crippen molar-refractivity contribution < 1.29 is 22.8 Å². The zero-order chi connectivity index (χ0) is 22.8. The van der Waals surface area contributed by atoms with Crippen LogP contribution in [0.4, 0.5) is 19.0 Å². The average Bonchev–Trinajstić information content (AvgIpc) is 3.30. The van der Waals surface area contributed by atoms with E-state index in [1.807, 2.05) is 5.38 Å². The Morgan fingerprint density at radius 1 is 1.26 bits per heavy atom. The first kappa shape index (κ1) is 22.8. The van der Waals surface area contributed by atoms with Crippen molar-refractivity contribution in [2.75, 3.05) is 5.32 Å². The van der Waals surface area contributed by atoms with Gasteiger partial charge in [-0.15, -0.1) is 11.3 Å². The molecule has 31 heavy (non-hydrogen) atoms. The minimum atomic E-state index is -4.56. The van der Waals surface area contributed by atoms with E-state index in [4.69, 9.17) is 11.6 Å². The van der Waals surface area contributed by atoms with Crippen molar-refractivity contribution in [2.24, 2.45) is 0 Å². The predicted octanol–water partition coefficient (Wildman–Crippen LogP) is 5.12. The van der Waals surface area contributed by atoms with Gasteiger partial charge in [0.25, 0.3) is 0 Å². The molecule has 0 unspecified atom stereocenters. The van der Waals surface area contributed by atoms with Crippen LogP contribution in [-0.2, 0) is 15.8 Å². The summed E-state index contributed by atoms with van der Waals surface area (Å²) in [5.41, 5.74) is -0.433. The van der Waals surface area contributed by atoms with Crippen LogP contribution in [0.2, 0.25) is 5.02 Å². The van der Waals surface area contributed by atoms with Crippen LogP contribution in [0.1, 0.15) is 35.5 Å². The number of benzene rings is 1. The maximum absolute atomic E-state index is 13.1. The Labute approximate surface area is 185 Å². The number of alkyl halides is 3. The van der Waals surface area contributed by atoms with Gasteiger partial charge in [-0.1, -0.05) is 17.7 Å². The van der Waals surface area contributed by atoms with Crippen molar-refractivity contribution in [2.45, 2.75) is 32.5 Å². The molecular formula is C20H18ClF3N4O2S. The molecule has 0 aliphatic rings. The Balaban J connectivity index is 1.87. The second-order valence-electron chi connectivity index (χ2n) is 6.77. The third kappa shape index (κ3) is 5.65. The summed E-state index contributed by atoms with van der Waals surface area (Å²) in [4.78, 5) is 25.0. The summed E-state index contributed by atoms with van der Waals surface area (Å²) in [6, 6.07) is 7.47. The van der Waals surface area contributed by atoms with Crippen LogP contribution in [0, 0.1) is 6.92 Å². The highest BCUT2D eigenvalue weighted by molar-refractivity contribution is 7.10. The second kappa shape index (κ2) is 9.11. The number of nitrogens with zero attached hydrogens (tertiary/aromatic N) is 2. The summed E-state index contributed by atoms with van der Waals surface area (Å²) < 4.78 is 40.6. The number of aromatic nitrogens is 2. The van der Waals surface area contributed by atoms with Crippen LogP contribution in [0.25, 0.3) is 5.69 Å². The molecular weight excluding hydrogens is 453 g/mol. The Hall–Kier alpha value is -2.85. The fraction of sp³-hybridized carbons (Fsp3) is 0.250. The van der Waals surface area contributed by atoms with E-state index in [0.717, 1.165) is 27.8 Å². The molecule has 1 atom stereocenters. The zero-order valence-corrected chi connectivity index (χ0v) is 18.0. The molecule has 0 radical (unpaired) electrons. The van der Waals surface area contributed by atoms with Gasteiger partial charge in [0.05, 0.1) is 34.4 Å². The van der Waals surface area contributed by atoms with E-state index in [2.05, 4.69) is 15.7 Å². The molecule has 3 aromatic rings. The average molecular weight is 471 g/mol. The standard InChI is InChI=1S/C20H18ClF3N4O2S/c1-11-8-18(26-19(30)10-15(25-12(2)29)17-4-3-7-31-17)28(27-11)16-9-13(20(22,23)24)5-6-14(16)21/h3-9,15H,10H2,1-2H3,(H,25,29)(H,26,30)/t15-/m0/s1. The Kier molecular flexibility index (Phi) is 6.71. The number of anilines is 1. The number of hydrogen-bond acceptors (Lipinski definition) is 4. The molecule has 1 aromatic carbocycles. The molecule has 2 heterocycles. The highest BCUT2D eigenvalue weighted by Crippen LogP contribution is 2.34. The van der Waals surface area contributed by atoms with Gasteiger partial charge in [0.1, 0.15) is 5.82 Å². The van der Waals surface area contributed by atoms with Crippen LogP contribution in [0.15, 0.2) is 41.8 Å². The fourth-order valence-electron chi connectivity index (χ4n) is 2.96. The molecule has 164 valence electrons. The smallest absolute Gasteiger partial charge is 0.348 e. The molecule has 0 aliphatic carbocycles. The molecule has 0 spiro atoms. The van der Waals surface area contributed by atoms with Gasteiger partial charge in [0.2, 0.25) is 11.8 Å². The summed E-state index contributed by atoms with van der Waals surface area (Å²) >= 11 is 7.52. The number of rotatable bonds is 6. The van der Waals surface area contributed by atoms with Gasteiger partial charge in [-0.25, -0.2) is 4.68 Å². The fourth-order valence-corrected chi connectivity index (χ4v) is 3.94. The lowest BCUT2D eigenvalue weighted by Crippen LogP contribution is -2.29. The number of carbonyl (C=O) groups excluding carboxylic acids is 2. The SMILES string of the molecule is CC(=O)N[C@@H](CC(=O)Nc1cc(C)nn1-c1cc(C(F)(F)F)ccc1Cl)c1cccs1. The normalized spacial score (nSPS) is 12.5. The van der Waals surface area contributed by atoms with Crippen molar-refractivity contribution in [3.63, 3.8) is 0 Å². The van der Waals surface area contributed by atoms with Crippen molar-refractivity contribution in [1.29, 1.82) is 0 Å². The number of nitrogens with one attached hydrogen (secondary N) is 2. The lowest BCUT2D eigenvalue weighted by Gasteiger charge is -2.17. The minimum absolute atomic E-state index is 0.0171. The molecule has 2 N–H and O–H groups in total. The summed E-state index contributed by atoms with van der Waals surface area (Å²) in [5.74, 6) is -0.573. The molecule has 6 nitrogen and oxygen atoms in total. The maximum Gasteiger partial charge on any atom is 0.416 e. The lowest BCUT2D eigenvalue weighted by atomic mass is 10.1. The van der Waals surface area contributed by atoms with Crippen LogP contribution in [0.3, 0.4) is 0 Å². The largest absolute Gasteiger partial charge is 0.416 e. The van der Waals surface area contributed by atoms with Gasteiger partial charge in [0, 0.05) is 17.9 Å². The molecule has 0 saturated heterocycles. The molecule has 0 saturated carbocycles. The van der Waals surface area contributed by atoms with Crippen molar-refractivity contribution in [3.05, 3.63) is 62.9 Å². The van der Waals surface area contributed by atoms with Crippen molar-refractivity contribution in [1.82, 2.24) is 15.1 Å². The number of amides is 2. The lowest BCUT2D eigenvalue weighted by molar-refractivity contribution is -0.137. The summed E-state index contributed by atoms with van der Waals surface area (Å²) in [6.07, 6.45) is -4.63.